The van der Waals surface area contributed by atoms with Crippen LogP contribution in [0.4, 0.5) is 0 Å². The molecule has 4 rings (SSSR count). The Morgan fingerprint density at radius 2 is 1.93 bits per heavy atom. The van der Waals surface area contributed by atoms with Gasteiger partial charge in [-0.25, -0.2) is 0 Å². The Hall–Kier alpha value is -2.14. The number of likely N-dealkylation sites (tertiary alicyclic amines) is 1. The summed E-state index contributed by atoms with van der Waals surface area (Å²) in [7, 11) is 3.65. The van der Waals surface area contributed by atoms with Gasteiger partial charge in [-0.1, -0.05) is 24.3 Å². The van der Waals surface area contributed by atoms with Gasteiger partial charge in [-0.05, 0) is 53.2 Å². The third-order valence-electron chi connectivity index (χ3n) is 6.30. The molecule has 1 aromatic heterocycles. The molecular formula is C22H26N2O2S. The molecule has 1 fully saturated rings. The molecule has 2 aromatic rings. The number of hydrogen-bond donors (Lipinski definition) is 0. The summed E-state index contributed by atoms with van der Waals surface area (Å²) < 4.78 is 0. The van der Waals surface area contributed by atoms with Crippen molar-refractivity contribution in [3.05, 3.63) is 57.8 Å². The number of rotatable bonds is 3. The van der Waals surface area contributed by atoms with Crippen LogP contribution in [0, 0.1) is 0 Å². The molecule has 2 heterocycles. The summed E-state index contributed by atoms with van der Waals surface area (Å²) in [6, 6.07) is 10.5. The fourth-order valence-electron chi connectivity index (χ4n) is 4.78. The third-order valence-corrected chi connectivity index (χ3v) is 6.99. The number of nitrogens with zero attached hydrogens (tertiary/aromatic N) is 2. The Bertz CT molecular complexity index is 836. The van der Waals surface area contributed by atoms with Gasteiger partial charge in [0.2, 0.25) is 5.91 Å². The van der Waals surface area contributed by atoms with Crippen LogP contribution in [0.3, 0.4) is 0 Å². The van der Waals surface area contributed by atoms with E-state index in [1.54, 1.807) is 16.2 Å². The van der Waals surface area contributed by atoms with E-state index >= 15 is 0 Å². The number of piperidine rings is 1. The van der Waals surface area contributed by atoms with Gasteiger partial charge in [0.1, 0.15) is 0 Å². The summed E-state index contributed by atoms with van der Waals surface area (Å²) in [5.74, 6) is 0.629. The van der Waals surface area contributed by atoms with Crippen LogP contribution in [0.2, 0.25) is 0 Å². The average Bonchev–Trinajstić information content (AvgIpc) is 3.30. The van der Waals surface area contributed by atoms with Gasteiger partial charge < -0.3 is 9.80 Å². The van der Waals surface area contributed by atoms with E-state index in [0.29, 0.717) is 6.42 Å². The number of fused-ring (bicyclic) bond motifs is 2. The fourth-order valence-corrected chi connectivity index (χ4v) is 5.41. The van der Waals surface area contributed by atoms with E-state index < -0.39 is 0 Å². The zero-order chi connectivity index (χ0) is 19.0. The molecule has 0 radical (unpaired) electrons. The van der Waals surface area contributed by atoms with Crippen molar-refractivity contribution >= 4 is 23.2 Å². The lowest BCUT2D eigenvalue weighted by Crippen LogP contribution is -2.44. The van der Waals surface area contributed by atoms with Gasteiger partial charge in [-0.2, -0.15) is 11.3 Å². The molecule has 5 heteroatoms. The molecule has 27 heavy (non-hydrogen) atoms. The molecule has 0 saturated carbocycles. The average molecular weight is 383 g/mol. The molecular weight excluding hydrogens is 356 g/mol. The quantitative estimate of drug-likeness (QED) is 0.808. The monoisotopic (exact) mass is 382 g/mol. The van der Waals surface area contributed by atoms with Crippen molar-refractivity contribution in [3.8, 4) is 0 Å². The summed E-state index contributed by atoms with van der Waals surface area (Å²) in [4.78, 5) is 28.7. The van der Waals surface area contributed by atoms with Gasteiger partial charge in [-0.3, -0.25) is 9.59 Å². The van der Waals surface area contributed by atoms with Crippen LogP contribution < -0.4 is 0 Å². The SMILES string of the molecule is CN(C)C(=O)C[C@H]1CC2(CCN(C(=O)c3ccsc3)CC2)c2ccccc21. The predicted molar refractivity (Wildman–Crippen MR) is 108 cm³/mol. The number of thiophene rings is 1. The van der Waals surface area contributed by atoms with Gasteiger partial charge in [0.05, 0.1) is 5.56 Å². The highest BCUT2D eigenvalue weighted by Gasteiger charge is 2.46. The minimum absolute atomic E-state index is 0.110. The van der Waals surface area contributed by atoms with E-state index in [9.17, 15) is 9.59 Å². The van der Waals surface area contributed by atoms with Crippen molar-refractivity contribution in [2.45, 2.75) is 37.0 Å². The van der Waals surface area contributed by atoms with Crippen LogP contribution >= 0.6 is 11.3 Å². The molecule has 4 nitrogen and oxygen atoms in total. The number of hydrogen-bond acceptors (Lipinski definition) is 3. The van der Waals surface area contributed by atoms with E-state index in [2.05, 4.69) is 24.3 Å². The Kier molecular flexibility index (Phi) is 4.81. The minimum atomic E-state index is 0.110. The molecule has 2 aliphatic rings. The van der Waals surface area contributed by atoms with Crippen LogP contribution in [0.25, 0.3) is 0 Å². The topological polar surface area (TPSA) is 40.6 Å². The minimum Gasteiger partial charge on any atom is -0.349 e. The smallest absolute Gasteiger partial charge is 0.254 e. The summed E-state index contributed by atoms with van der Waals surface area (Å²) in [6.45, 7) is 1.58. The first-order valence-corrected chi connectivity index (χ1v) is 10.6. The number of amides is 2. The normalized spacial score (nSPS) is 20.5. The molecule has 2 amide bonds. The maximum Gasteiger partial charge on any atom is 0.254 e. The Morgan fingerprint density at radius 1 is 1.19 bits per heavy atom. The molecule has 1 atom stereocenters. The first kappa shape index (κ1) is 18.2. The first-order valence-electron chi connectivity index (χ1n) is 9.61. The Labute approximate surface area is 164 Å². The maximum absolute atomic E-state index is 12.7. The van der Waals surface area contributed by atoms with Crippen molar-refractivity contribution < 1.29 is 9.59 Å². The lowest BCUT2D eigenvalue weighted by Gasteiger charge is -2.40. The summed E-state index contributed by atoms with van der Waals surface area (Å²) in [5.41, 5.74) is 3.66. The van der Waals surface area contributed by atoms with Crippen molar-refractivity contribution in [2.75, 3.05) is 27.2 Å². The van der Waals surface area contributed by atoms with Crippen molar-refractivity contribution in [2.24, 2.45) is 0 Å². The van der Waals surface area contributed by atoms with Crippen molar-refractivity contribution in [3.63, 3.8) is 0 Å². The lowest BCUT2D eigenvalue weighted by atomic mass is 9.73. The zero-order valence-corrected chi connectivity index (χ0v) is 16.8. The Balaban J connectivity index is 1.52. The van der Waals surface area contributed by atoms with E-state index in [-0.39, 0.29) is 23.1 Å². The third kappa shape index (κ3) is 3.29. The Morgan fingerprint density at radius 3 is 2.59 bits per heavy atom. The largest absolute Gasteiger partial charge is 0.349 e. The second-order valence-electron chi connectivity index (χ2n) is 8.07. The van der Waals surface area contributed by atoms with Gasteiger partial charge in [0.25, 0.3) is 5.91 Å². The second kappa shape index (κ2) is 7.12. The van der Waals surface area contributed by atoms with Gasteiger partial charge in [0, 0.05) is 39.0 Å². The molecule has 0 N–H and O–H groups in total. The molecule has 1 aliphatic carbocycles. The van der Waals surface area contributed by atoms with E-state index in [1.807, 2.05) is 35.8 Å². The summed E-state index contributed by atoms with van der Waals surface area (Å²) in [5, 5.41) is 3.89. The van der Waals surface area contributed by atoms with E-state index in [0.717, 1.165) is 37.9 Å². The number of carbonyl (C=O) groups is 2. The van der Waals surface area contributed by atoms with E-state index in [4.69, 9.17) is 0 Å². The van der Waals surface area contributed by atoms with Crippen LogP contribution in [-0.4, -0.2) is 48.8 Å². The van der Waals surface area contributed by atoms with Crippen LogP contribution in [-0.2, 0) is 10.2 Å². The number of benzene rings is 1. The highest BCUT2D eigenvalue weighted by atomic mass is 32.1. The van der Waals surface area contributed by atoms with Crippen molar-refractivity contribution in [1.29, 1.82) is 0 Å². The van der Waals surface area contributed by atoms with E-state index in [1.165, 1.54) is 11.1 Å². The molecule has 1 saturated heterocycles. The van der Waals surface area contributed by atoms with Crippen LogP contribution in [0.1, 0.15) is 53.1 Å². The summed E-state index contributed by atoms with van der Waals surface area (Å²) >= 11 is 1.57. The zero-order valence-electron chi connectivity index (χ0n) is 16.0. The fraction of sp³-hybridized carbons (Fsp3) is 0.455. The van der Waals surface area contributed by atoms with Crippen LogP contribution in [0.5, 0.6) is 0 Å². The van der Waals surface area contributed by atoms with Gasteiger partial charge in [0.15, 0.2) is 0 Å². The molecule has 0 bridgehead atoms. The molecule has 1 spiro atoms. The van der Waals surface area contributed by atoms with Crippen LogP contribution in [0.15, 0.2) is 41.1 Å². The highest BCUT2D eigenvalue weighted by Crippen LogP contribution is 2.52. The molecule has 142 valence electrons. The standard InChI is InChI=1S/C22H26N2O2S/c1-23(2)20(25)13-17-14-22(19-6-4-3-5-18(17)19)8-10-24(11-9-22)21(26)16-7-12-27-15-16/h3-7,12,15,17H,8-11,13-14H2,1-2H3/t17-/m0/s1. The summed E-state index contributed by atoms with van der Waals surface area (Å²) in [6.07, 6.45) is 3.55. The molecule has 1 aromatic carbocycles. The van der Waals surface area contributed by atoms with Gasteiger partial charge >= 0.3 is 0 Å². The molecule has 1 aliphatic heterocycles. The first-order chi connectivity index (χ1) is 13.0. The van der Waals surface area contributed by atoms with Gasteiger partial charge in [-0.15, -0.1) is 0 Å². The predicted octanol–water partition coefficient (Wildman–Crippen LogP) is 3.89. The maximum atomic E-state index is 12.7. The van der Waals surface area contributed by atoms with Crippen molar-refractivity contribution in [1.82, 2.24) is 9.80 Å². The molecule has 0 unspecified atom stereocenters. The highest BCUT2D eigenvalue weighted by molar-refractivity contribution is 7.08. The second-order valence-corrected chi connectivity index (χ2v) is 8.85. The lowest BCUT2D eigenvalue weighted by molar-refractivity contribution is -0.129. The number of carbonyl (C=O) groups excluding carboxylic acids is 2.